The maximum atomic E-state index is 12.4. The zero-order valence-electron chi connectivity index (χ0n) is 11.8. The van der Waals surface area contributed by atoms with Crippen molar-refractivity contribution < 1.29 is 9.59 Å². The Hall–Kier alpha value is -2.62. The van der Waals surface area contributed by atoms with Gasteiger partial charge in [-0.05, 0) is 30.7 Å². The van der Waals surface area contributed by atoms with Crippen LogP contribution in [0.2, 0.25) is 0 Å². The fourth-order valence-electron chi connectivity index (χ4n) is 2.57. The Kier molecular flexibility index (Phi) is 3.44. The summed E-state index contributed by atoms with van der Waals surface area (Å²) in [5, 5.41) is 0. The van der Waals surface area contributed by atoms with Crippen molar-refractivity contribution in [3.8, 4) is 0 Å². The molecule has 1 saturated heterocycles. The number of nitrogens with zero attached hydrogens (tertiary/aromatic N) is 2. The summed E-state index contributed by atoms with van der Waals surface area (Å²) in [6.07, 6.45) is 0. The SMILES string of the molecule is Cc1ccccc1N1C(=O)CN(c2ccccc2)CC1=O. The minimum atomic E-state index is -0.190. The summed E-state index contributed by atoms with van der Waals surface area (Å²) in [4.78, 5) is 27.9. The van der Waals surface area contributed by atoms with Gasteiger partial charge in [0, 0.05) is 5.69 Å². The van der Waals surface area contributed by atoms with Gasteiger partial charge in [0.2, 0.25) is 0 Å². The van der Waals surface area contributed by atoms with E-state index in [4.69, 9.17) is 0 Å². The quantitative estimate of drug-likeness (QED) is 0.793. The summed E-state index contributed by atoms with van der Waals surface area (Å²) in [5.74, 6) is -0.381. The van der Waals surface area contributed by atoms with Crippen molar-refractivity contribution in [2.45, 2.75) is 6.92 Å². The summed E-state index contributed by atoms with van der Waals surface area (Å²) >= 11 is 0. The molecule has 1 aliphatic heterocycles. The van der Waals surface area contributed by atoms with Crippen LogP contribution in [0.25, 0.3) is 0 Å². The molecule has 2 aromatic rings. The van der Waals surface area contributed by atoms with Crippen LogP contribution in [0.1, 0.15) is 5.56 Å². The Morgan fingerprint density at radius 2 is 1.38 bits per heavy atom. The second-order valence-corrected chi connectivity index (χ2v) is 5.10. The number of carbonyl (C=O) groups is 2. The number of benzene rings is 2. The van der Waals surface area contributed by atoms with Crippen molar-refractivity contribution in [1.82, 2.24) is 0 Å². The van der Waals surface area contributed by atoms with E-state index in [0.29, 0.717) is 5.69 Å². The number of carbonyl (C=O) groups excluding carboxylic acids is 2. The summed E-state index contributed by atoms with van der Waals surface area (Å²) in [6.45, 7) is 2.33. The first kappa shape index (κ1) is 13.4. The number of imide groups is 1. The average molecular weight is 280 g/mol. The average Bonchev–Trinajstić information content (AvgIpc) is 2.49. The van der Waals surface area contributed by atoms with Crippen LogP contribution in [-0.4, -0.2) is 24.9 Å². The number of aryl methyl sites for hydroxylation is 1. The Morgan fingerprint density at radius 1 is 0.810 bits per heavy atom. The molecule has 4 heteroatoms. The highest BCUT2D eigenvalue weighted by atomic mass is 16.2. The first-order chi connectivity index (χ1) is 10.2. The topological polar surface area (TPSA) is 40.6 Å². The molecule has 0 aliphatic carbocycles. The minimum absolute atomic E-state index is 0.190. The van der Waals surface area contributed by atoms with Gasteiger partial charge in [0.1, 0.15) is 0 Å². The third kappa shape index (κ3) is 2.52. The molecule has 0 atom stereocenters. The van der Waals surface area contributed by atoms with E-state index >= 15 is 0 Å². The van der Waals surface area contributed by atoms with Crippen molar-refractivity contribution in [1.29, 1.82) is 0 Å². The standard InChI is InChI=1S/C17H16N2O2/c1-13-7-5-6-10-15(13)19-16(20)11-18(12-17(19)21)14-8-3-2-4-9-14/h2-10H,11-12H2,1H3. The van der Waals surface area contributed by atoms with Crippen molar-refractivity contribution in [3.05, 3.63) is 60.2 Å². The smallest absolute Gasteiger partial charge is 0.253 e. The van der Waals surface area contributed by atoms with Crippen molar-refractivity contribution >= 4 is 23.2 Å². The molecule has 1 fully saturated rings. The van der Waals surface area contributed by atoms with E-state index in [-0.39, 0.29) is 24.9 Å². The van der Waals surface area contributed by atoms with Gasteiger partial charge in [0.05, 0.1) is 18.8 Å². The predicted octanol–water partition coefficient (Wildman–Crippen LogP) is 2.37. The molecule has 1 aliphatic rings. The largest absolute Gasteiger partial charge is 0.353 e. The first-order valence-electron chi connectivity index (χ1n) is 6.88. The van der Waals surface area contributed by atoms with Crippen LogP contribution in [0.4, 0.5) is 11.4 Å². The zero-order valence-corrected chi connectivity index (χ0v) is 11.8. The van der Waals surface area contributed by atoms with E-state index in [1.54, 1.807) is 4.90 Å². The van der Waals surface area contributed by atoms with Crippen LogP contribution in [0, 0.1) is 6.92 Å². The van der Waals surface area contributed by atoms with Crippen LogP contribution >= 0.6 is 0 Å². The number of rotatable bonds is 2. The van der Waals surface area contributed by atoms with Gasteiger partial charge in [0.25, 0.3) is 11.8 Å². The maximum Gasteiger partial charge on any atom is 0.253 e. The number of hydrogen-bond acceptors (Lipinski definition) is 3. The lowest BCUT2D eigenvalue weighted by Gasteiger charge is -2.34. The lowest BCUT2D eigenvalue weighted by atomic mass is 10.1. The van der Waals surface area contributed by atoms with Crippen LogP contribution in [0.15, 0.2) is 54.6 Å². The van der Waals surface area contributed by atoms with Gasteiger partial charge in [-0.3, -0.25) is 9.59 Å². The summed E-state index contributed by atoms with van der Waals surface area (Å²) < 4.78 is 0. The highest BCUT2D eigenvalue weighted by Gasteiger charge is 2.32. The molecule has 0 radical (unpaired) electrons. The Balaban J connectivity index is 1.88. The van der Waals surface area contributed by atoms with Crippen LogP contribution in [0.3, 0.4) is 0 Å². The lowest BCUT2D eigenvalue weighted by molar-refractivity contribution is -0.126. The van der Waals surface area contributed by atoms with Crippen molar-refractivity contribution in [2.24, 2.45) is 0 Å². The summed E-state index contributed by atoms with van der Waals surface area (Å²) in [6, 6.07) is 17.0. The van der Waals surface area contributed by atoms with Crippen LogP contribution in [-0.2, 0) is 9.59 Å². The van der Waals surface area contributed by atoms with Gasteiger partial charge in [-0.25, -0.2) is 4.90 Å². The second-order valence-electron chi connectivity index (χ2n) is 5.10. The predicted molar refractivity (Wildman–Crippen MR) is 82.3 cm³/mol. The first-order valence-corrected chi connectivity index (χ1v) is 6.88. The van der Waals surface area contributed by atoms with Gasteiger partial charge < -0.3 is 4.90 Å². The molecule has 4 nitrogen and oxygen atoms in total. The molecule has 0 saturated carbocycles. The van der Waals surface area contributed by atoms with Crippen LogP contribution < -0.4 is 9.80 Å². The number of anilines is 2. The lowest BCUT2D eigenvalue weighted by Crippen LogP contribution is -2.54. The maximum absolute atomic E-state index is 12.4. The van der Waals surface area contributed by atoms with Gasteiger partial charge in [-0.1, -0.05) is 36.4 Å². The van der Waals surface area contributed by atoms with Crippen molar-refractivity contribution in [3.63, 3.8) is 0 Å². The van der Waals surface area contributed by atoms with Gasteiger partial charge in [-0.2, -0.15) is 0 Å². The molecule has 1 heterocycles. The highest BCUT2D eigenvalue weighted by molar-refractivity contribution is 6.20. The van der Waals surface area contributed by atoms with E-state index in [1.807, 2.05) is 61.5 Å². The Labute approximate surface area is 123 Å². The molecule has 0 unspecified atom stereocenters. The third-order valence-corrected chi connectivity index (χ3v) is 3.63. The van der Waals surface area contributed by atoms with E-state index < -0.39 is 0 Å². The zero-order chi connectivity index (χ0) is 14.8. The van der Waals surface area contributed by atoms with Gasteiger partial charge in [0.15, 0.2) is 0 Å². The van der Waals surface area contributed by atoms with Gasteiger partial charge in [-0.15, -0.1) is 0 Å². The number of para-hydroxylation sites is 2. The Morgan fingerprint density at radius 3 is 2.00 bits per heavy atom. The molecule has 106 valence electrons. The van der Waals surface area contributed by atoms with Crippen LogP contribution in [0.5, 0.6) is 0 Å². The molecule has 0 N–H and O–H groups in total. The molecule has 3 rings (SSSR count). The Bertz CT molecular complexity index is 664. The molecule has 2 aromatic carbocycles. The summed E-state index contributed by atoms with van der Waals surface area (Å²) in [5.41, 5.74) is 2.50. The minimum Gasteiger partial charge on any atom is -0.353 e. The molecule has 2 amide bonds. The molecule has 21 heavy (non-hydrogen) atoms. The molecule has 0 spiro atoms. The van der Waals surface area contributed by atoms with Gasteiger partial charge >= 0.3 is 0 Å². The van der Waals surface area contributed by atoms with E-state index in [0.717, 1.165) is 11.3 Å². The number of amides is 2. The normalized spacial score (nSPS) is 15.5. The number of piperazine rings is 1. The van der Waals surface area contributed by atoms with E-state index in [1.165, 1.54) is 4.90 Å². The van der Waals surface area contributed by atoms with Crippen molar-refractivity contribution in [2.75, 3.05) is 22.9 Å². The summed E-state index contributed by atoms with van der Waals surface area (Å²) in [7, 11) is 0. The number of hydrogen-bond donors (Lipinski definition) is 0. The molecule has 0 bridgehead atoms. The fraction of sp³-hybridized carbons (Fsp3) is 0.176. The second kappa shape index (κ2) is 5.40. The monoisotopic (exact) mass is 280 g/mol. The highest BCUT2D eigenvalue weighted by Crippen LogP contribution is 2.24. The molecule has 0 aromatic heterocycles. The molecular weight excluding hydrogens is 264 g/mol. The molecular formula is C17H16N2O2. The third-order valence-electron chi connectivity index (χ3n) is 3.63. The van der Waals surface area contributed by atoms with E-state index in [9.17, 15) is 9.59 Å². The van der Waals surface area contributed by atoms with E-state index in [2.05, 4.69) is 0 Å². The fourth-order valence-corrected chi connectivity index (χ4v) is 2.57.